The summed E-state index contributed by atoms with van der Waals surface area (Å²) >= 11 is 3.16. The van der Waals surface area contributed by atoms with Gasteiger partial charge in [0.05, 0.1) is 18.1 Å². The van der Waals surface area contributed by atoms with Gasteiger partial charge in [-0.2, -0.15) is 11.8 Å². The predicted molar refractivity (Wildman–Crippen MR) is 101 cm³/mol. The van der Waals surface area contributed by atoms with E-state index in [2.05, 4.69) is 0 Å². The van der Waals surface area contributed by atoms with E-state index in [-0.39, 0.29) is 40.0 Å². The van der Waals surface area contributed by atoms with Gasteiger partial charge in [0.1, 0.15) is 5.70 Å². The molecule has 3 aliphatic rings. The van der Waals surface area contributed by atoms with Crippen LogP contribution in [0.1, 0.15) is 20.8 Å². The molecule has 0 saturated carbocycles. The largest absolute Gasteiger partial charge is 0.477 e. The number of nitrogens with zero attached hydrogens (tertiary/aromatic N) is 2. The summed E-state index contributed by atoms with van der Waals surface area (Å²) in [6, 6.07) is -0.297. The van der Waals surface area contributed by atoms with Gasteiger partial charge in [-0.3, -0.25) is 9.59 Å². The van der Waals surface area contributed by atoms with Crippen molar-refractivity contribution in [3.8, 4) is 0 Å². The highest BCUT2D eigenvalue weighted by atomic mass is 32.2. The number of hydrogen-bond donors (Lipinski definition) is 2. The zero-order valence-corrected chi connectivity index (χ0v) is 16.8. The number of aliphatic hydroxyl groups excluding tert-OH is 1. The molecule has 0 aromatic heterocycles. The SMILES string of the molecule is CSC1CN(C(C)=O)CC1SC1=C(C(=O)O)N2C(=O)C(C(C)O)[C@H]2C1C. The first-order valence-corrected chi connectivity index (χ1v) is 10.8. The molecule has 2 saturated heterocycles. The molecule has 3 heterocycles. The van der Waals surface area contributed by atoms with Crippen LogP contribution in [0.15, 0.2) is 10.6 Å². The van der Waals surface area contributed by atoms with Gasteiger partial charge in [-0.05, 0) is 13.2 Å². The standard InChI is InChI=1S/C17H24N2O5S2/c1-7-13-12(8(2)20)16(22)19(13)14(17(23)24)15(7)26-11-6-18(9(3)21)5-10(11)25-4/h7-8,10-13,20H,5-6H2,1-4H3,(H,23,24)/t7?,8?,10?,11?,12?,13-/m1/s1. The number of likely N-dealkylation sites (tertiary alicyclic amines) is 1. The van der Waals surface area contributed by atoms with E-state index in [1.165, 1.54) is 16.7 Å². The summed E-state index contributed by atoms with van der Waals surface area (Å²) in [5.41, 5.74) is 0.0514. The van der Waals surface area contributed by atoms with Crippen molar-refractivity contribution in [2.75, 3.05) is 19.3 Å². The lowest BCUT2D eigenvalue weighted by Gasteiger charge is -2.46. The minimum absolute atomic E-state index is 0.0206. The molecule has 3 aliphatic heterocycles. The zero-order valence-electron chi connectivity index (χ0n) is 15.2. The molecule has 0 radical (unpaired) electrons. The number of rotatable bonds is 5. The van der Waals surface area contributed by atoms with Crippen LogP contribution in [0.4, 0.5) is 0 Å². The number of thioether (sulfide) groups is 2. The van der Waals surface area contributed by atoms with Crippen molar-refractivity contribution >= 4 is 41.3 Å². The minimum atomic E-state index is -1.11. The molecule has 6 atom stereocenters. The third-order valence-corrected chi connectivity index (χ3v) is 8.41. The fraction of sp³-hybridized carbons (Fsp3) is 0.706. The van der Waals surface area contributed by atoms with Crippen LogP contribution in [0.5, 0.6) is 0 Å². The molecule has 9 heteroatoms. The number of aliphatic hydroxyl groups is 1. The summed E-state index contributed by atoms with van der Waals surface area (Å²) in [5, 5.41) is 19.9. The molecule has 0 aliphatic carbocycles. The van der Waals surface area contributed by atoms with E-state index in [0.717, 1.165) is 0 Å². The molecule has 3 rings (SSSR count). The predicted octanol–water partition coefficient (Wildman–Crippen LogP) is 0.836. The van der Waals surface area contributed by atoms with Gasteiger partial charge in [0.15, 0.2) is 0 Å². The number of fused-ring (bicyclic) bond motifs is 1. The van der Waals surface area contributed by atoms with E-state index in [1.807, 2.05) is 13.2 Å². The number of amides is 2. The monoisotopic (exact) mass is 400 g/mol. The van der Waals surface area contributed by atoms with Crippen molar-refractivity contribution in [2.24, 2.45) is 11.8 Å². The lowest BCUT2D eigenvalue weighted by molar-refractivity contribution is -0.163. The Balaban J connectivity index is 1.88. The summed E-state index contributed by atoms with van der Waals surface area (Å²) in [6.07, 6.45) is 1.19. The van der Waals surface area contributed by atoms with E-state index < -0.39 is 18.0 Å². The molecule has 144 valence electrons. The second-order valence-electron chi connectivity index (χ2n) is 7.13. The van der Waals surface area contributed by atoms with Crippen molar-refractivity contribution in [1.29, 1.82) is 0 Å². The van der Waals surface area contributed by atoms with E-state index in [4.69, 9.17) is 0 Å². The highest BCUT2D eigenvalue weighted by molar-refractivity contribution is 8.06. The molecular weight excluding hydrogens is 376 g/mol. The maximum atomic E-state index is 12.4. The van der Waals surface area contributed by atoms with Gasteiger partial charge in [-0.15, -0.1) is 11.8 Å². The molecule has 2 N–H and O–H groups in total. The molecule has 0 aromatic carbocycles. The molecule has 0 aromatic rings. The number of carbonyl (C=O) groups excluding carboxylic acids is 2. The minimum Gasteiger partial charge on any atom is -0.477 e. The Kier molecular flexibility index (Phi) is 5.33. The van der Waals surface area contributed by atoms with Crippen molar-refractivity contribution in [2.45, 2.75) is 43.4 Å². The number of hydrogen-bond acceptors (Lipinski definition) is 6. The van der Waals surface area contributed by atoms with Crippen LogP contribution < -0.4 is 0 Å². The van der Waals surface area contributed by atoms with Crippen LogP contribution in [0.3, 0.4) is 0 Å². The van der Waals surface area contributed by atoms with Gasteiger partial charge in [-0.1, -0.05) is 6.92 Å². The average Bonchev–Trinajstić information content (AvgIpc) is 3.06. The van der Waals surface area contributed by atoms with Gasteiger partial charge in [0.25, 0.3) is 0 Å². The molecule has 0 bridgehead atoms. The highest BCUT2D eigenvalue weighted by Gasteiger charge is 2.60. The van der Waals surface area contributed by atoms with E-state index in [0.29, 0.717) is 18.0 Å². The lowest BCUT2D eigenvalue weighted by atomic mass is 9.79. The smallest absolute Gasteiger partial charge is 0.353 e. The van der Waals surface area contributed by atoms with Crippen molar-refractivity contribution in [1.82, 2.24) is 9.80 Å². The Bertz CT molecular complexity index is 680. The number of carboxylic acids is 1. The summed E-state index contributed by atoms with van der Waals surface area (Å²) in [6.45, 7) is 6.27. The third-order valence-electron chi connectivity index (χ3n) is 5.55. The number of carbonyl (C=O) groups is 3. The Morgan fingerprint density at radius 1 is 1.27 bits per heavy atom. The first kappa shape index (κ1) is 19.6. The zero-order chi connectivity index (χ0) is 19.3. The van der Waals surface area contributed by atoms with Crippen molar-refractivity contribution in [3.63, 3.8) is 0 Å². The van der Waals surface area contributed by atoms with E-state index in [9.17, 15) is 24.6 Å². The fourth-order valence-corrected chi connectivity index (χ4v) is 6.87. The Morgan fingerprint density at radius 3 is 2.38 bits per heavy atom. The Labute approximate surface area is 161 Å². The van der Waals surface area contributed by atoms with E-state index >= 15 is 0 Å². The van der Waals surface area contributed by atoms with Gasteiger partial charge < -0.3 is 20.0 Å². The topological polar surface area (TPSA) is 98.2 Å². The third kappa shape index (κ3) is 2.93. The number of β-lactam (4-membered cyclic amide) rings is 1. The highest BCUT2D eigenvalue weighted by Crippen LogP contribution is 2.52. The summed E-state index contributed by atoms with van der Waals surface area (Å²) in [4.78, 5) is 39.8. The van der Waals surface area contributed by atoms with E-state index in [1.54, 1.807) is 30.5 Å². The van der Waals surface area contributed by atoms with Crippen LogP contribution in [-0.4, -0.2) is 79.8 Å². The maximum absolute atomic E-state index is 12.4. The van der Waals surface area contributed by atoms with Crippen molar-refractivity contribution < 1.29 is 24.6 Å². The van der Waals surface area contributed by atoms with Gasteiger partial charge in [-0.25, -0.2) is 4.79 Å². The van der Waals surface area contributed by atoms with Gasteiger partial charge in [0.2, 0.25) is 11.8 Å². The molecule has 2 amide bonds. The molecule has 7 nitrogen and oxygen atoms in total. The van der Waals surface area contributed by atoms with Crippen LogP contribution >= 0.6 is 23.5 Å². The summed E-state index contributed by atoms with van der Waals surface area (Å²) in [5.74, 6) is -2.10. The first-order valence-electron chi connectivity index (χ1n) is 8.62. The normalized spacial score (nSPS) is 34.8. The van der Waals surface area contributed by atoms with Crippen molar-refractivity contribution in [3.05, 3.63) is 10.6 Å². The summed E-state index contributed by atoms with van der Waals surface area (Å²) in [7, 11) is 0. The number of carboxylic acid groups (broad SMARTS) is 1. The van der Waals surface area contributed by atoms with Crippen LogP contribution in [0, 0.1) is 11.8 Å². The fourth-order valence-electron chi connectivity index (χ4n) is 4.18. The average molecular weight is 401 g/mol. The quantitative estimate of drug-likeness (QED) is 0.660. The molecule has 5 unspecified atom stereocenters. The molecular formula is C17H24N2O5S2. The molecule has 26 heavy (non-hydrogen) atoms. The first-order chi connectivity index (χ1) is 12.2. The Hall–Kier alpha value is -1.19. The van der Waals surface area contributed by atoms with Crippen LogP contribution in [-0.2, 0) is 14.4 Å². The second-order valence-corrected chi connectivity index (χ2v) is 9.48. The van der Waals surface area contributed by atoms with Crippen LogP contribution in [0.2, 0.25) is 0 Å². The second kappa shape index (κ2) is 7.09. The van der Waals surface area contributed by atoms with Gasteiger partial charge in [0, 0.05) is 41.3 Å². The molecule has 0 spiro atoms. The van der Waals surface area contributed by atoms with Crippen LogP contribution in [0.25, 0.3) is 0 Å². The Morgan fingerprint density at radius 2 is 1.88 bits per heavy atom. The van der Waals surface area contributed by atoms with Gasteiger partial charge >= 0.3 is 5.97 Å². The lowest BCUT2D eigenvalue weighted by Crippen LogP contribution is -2.63. The molecule has 2 fully saturated rings. The summed E-state index contributed by atoms with van der Waals surface area (Å²) < 4.78 is 0. The maximum Gasteiger partial charge on any atom is 0.353 e. The number of aliphatic carboxylic acids is 1.